The Hall–Kier alpha value is -3.39. The van der Waals surface area contributed by atoms with E-state index in [2.05, 4.69) is 17.4 Å². The molecule has 1 fully saturated rings. The van der Waals surface area contributed by atoms with Crippen LogP contribution in [0.1, 0.15) is 49.1 Å². The van der Waals surface area contributed by atoms with Crippen LogP contribution in [0.25, 0.3) is 11.1 Å². The predicted octanol–water partition coefficient (Wildman–Crippen LogP) is 3.79. The minimum Gasteiger partial charge on any atom is -0.481 e. The van der Waals surface area contributed by atoms with Gasteiger partial charge in [0.2, 0.25) is 5.91 Å². The molecule has 8 heteroatoms. The first kappa shape index (κ1) is 24.7. The van der Waals surface area contributed by atoms with E-state index < -0.39 is 18.1 Å². The Bertz CT molecular complexity index is 1020. The van der Waals surface area contributed by atoms with Crippen molar-refractivity contribution in [1.29, 1.82) is 0 Å². The average molecular weight is 481 g/mol. The number of hydrogen-bond acceptors (Lipinski definition) is 5. The lowest BCUT2D eigenvalue weighted by molar-refractivity contribution is -0.138. The summed E-state index contributed by atoms with van der Waals surface area (Å²) >= 11 is 0. The topological polar surface area (TPSA) is 105 Å². The van der Waals surface area contributed by atoms with Crippen molar-refractivity contribution < 1.29 is 29.0 Å². The van der Waals surface area contributed by atoms with Crippen LogP contribution in [0.3, 0.4) is 0 Å². The number of amides is 2. The van der Waals surface area contributed by atoms with Gasteiger partial charge in [-0.25, -0.2) is 4.79 Å². The molecule has 0 bridgehead atoms. The Morgan fingerprint density at radius 2 is 1.74 bits per heavy atom. The second kappa shape index (κ2) is 11.4. The summed E-state index contributed by atoms with van der Waals surface area (Å²) in [6.07, 6.45) is 1.88. The van der Waals surface area contributed by atoms with Gasteiger partial charge in [-0.1, -0.05) is 48.5 Å². The van der Waals surface area contributed by atoms with E-state index in [1.807, 2.05) is 36.4 Å². The molecule has 186 valence electrons. The number of carbonyl (C=O) groups excluding carboxylic acids is 2. The lowest BCUT2D eigenvalue weighted by atomic mass is 9.98. The first-order valence-corrected chi connectivity index (χ1v) is 12.1. The number of aliphatic carboxylic acids is 1. The molecule has 4 rings (SSSR count). The number of carbonyl (C=O) groups is 3. The van der Waals surface area contributed by atoms with E-state index in [1.54, 1.807) is 7.05 Å². The maximum Gasteiger partial charge on any atom is 0.407 e. The fourth-order valence-corrected chi connectivity index (χ4v) is 4.92. The van der Waals surface area contributed by atoms with Crippen LogP contribution in [0.2, 0.25) is 0 Å². The number of benzene rings is 2. The van der Waals surface area contributed by atoms with Crippen molar-refractivity contribution in [3.05, 3.63) is 59.7 Å². The van der Waals surface area contributed by atoms with Crippen LogP contribution in [0, 0.1) is 0 Å². The smallest absolute Gasteiger partial charge is 0.407 e. The molecule has 0 spiro atoms. The van der Waals surface area contributed by atoms with Crippen molar-refractivity contribution in [1.82, 2.24) is 10.2 Å². The highest BCUT2D eigenvalue weighted by atomic mass is 16.5. The van der Waals surface area contributed by atoms with Gasteiger partial charge in [0.15, 0.2) is 0 Å². The summed E-state index contributed by atoms with van der Waals surface area (Å²) in [7, 11) is 1.65. The third-order valence-corrected chi connectivity index (χ3v) is 6.71. The molecule has 1 heterocycles. The monoisotopic (exact) mass is 480 g/mol. The van der Waals surface area contributed by atoms with Gasteiger partial charge in [-0.2, -0.15) is 0 Å². The van der Waals surface area contributed by atoms with Gasteiger partial charge < -0.3 is 24.8 Å². The summed E-state index contributed by atoms with van der Waals surface area (Å²) in [6, 6.07) is 15.1. The molecule has 2 atom stereocenters. The minimum absolute atomic E-state index is 0.0196. The van der Waals surface area contributed by atoms with Crippen molar-refractivity contribution in [2.75, 3.05) is 26.8 Å². The van der Waals surface area contributed by atoms with Gasteiger partial charge in [-0.15, -0.1) is 0 Å². The summed E-state index contributed by atoms with van der Waals surface area (Å²) < 4.78 is 11.3. The van der Waals surface area contributed by atoms with Crippen LogP contribution < -0.4 is 5.32 Å². The molecule has 2 aliphatic rings. The molecule has 35 heavy (non-hydrogen) atoms. The van der Waals surface area contributed by atoms with Crippen LogP contribution in [0.4, 0.5) is 4.79 Å². The fourth-order valence-electron chi connectivity index (χ4n) is 4.92. The number of hydrogen-bond donors (Lipinski definition) is 2. The van der Waals surface area contributed by atoms with Crippen molar-refractivity contribution in [3.63, 3.8) is 0 Å². The number of rotatable bonds is 9. The van der Waals surface area contributed by atoms with Gasteiger partial charge in [0, 0.05) is 32.5 Å². The van der Waals surface area contributed by atoms with Gasteiger partial charge in [-0.05, 0) is 47.9 Å². The predicted molar refractivity (Wildman–Crippen MR) is 130 cm³/mol. The molecule has 1 saturated heterocycles. The van der Waals surface area contributed by atoms with E-state index in [9.17, 15) is 14.4 Å². The van der Waals surface area contributed by atoms with Gasteiger partial charge in [0.1, 0.15) is 12.6 Å². The molecule has 2 amide bonds. The van der Waals surface area contributed by atoms with Crippen LogP contribution in [0.15, 0.2) is 48.5 Å². The van der Waals surface area contributed by atoms with Crippen LogP contribution in [0.5, 0.6) is 0 Å². The van der Waals surface area contributed by atoms with Crippen molar-refractivity contribution in [2.24, 2.45) is 0 Å². The van der Waals surface area contributed by atoms with E-state index in [0.717, 1.165) is 41.5 Å². The Kier molecular flexibility index (Phi) is 8.02. The maximum absolute atomic E-state index is 13.1. The molecular formula is C27H32N2O6. The minimum atomic E-state index is -1.03. The molecule has 2 aromatic carbocycles. The highest BCUT2D eigenvalue weighted by Crippen LogP contribution is 2.44. The van der Waals surface area contributed by atoms with E-state index >= 15 is 0 Å². The quantitative estimate of drug-likeness (QED) is 0.566. The Morgan fingerprint density at radius 3 is 2.34 bits per heavy atom. The first-order chi connectivity index (χ1) is 16.9. The number of ether oxygens (including phenoxy) is 2. The molecule has 2 N–H and O–H groups in total. The fraction of sp³-hybridized carbons (Fsp3) is 0.444. The lowest BCUT2D eigenvalue weighted by Crippen LogP contribution is -2.49. The first-order valence-electron chi connectivity index (χ1n) is 12.1. The normalized spacial score (nSPS) is 17.7. The van der Waals surface area contributed by atoms with E-state index in [4.69, 9.17) is 14.6 Å². The van der Waals surface area contributed by atoms with Crippen molar-refractivity contribution in [2.45, 2.75) is 50.2 Å². The van der Waals surface area contributed by atoms with Crippen LogP contribution in [-0.4, -0.2) is 66.9 Å². The molecule has 1 aliphatic carbocycles. The summed E-state index contributed by atoms with van der Waals surface area (Å²) in [4.78, 5) is 38.4. The van der Waals surface area contributed by atoms with Crippen molar-refractivity contribution in [3.8, 4) is 11.1 Å². The highest BCUT2D eigenvalue weighted by molar-refractivity contribution is 5.86. The summed E-state index contributed by atoms with van der Waals surface area (Å²) in [5.41, 5.74) is 4.43. The number of carboxylic acids is 1. The van der Waals surface area contributed by atoms with Gasteiger partial charge in [0.05, 0.1) is 6.10 Å². The number of carboxylic acid groups (broad SMARTS) is 1. The van der Waals surface area contributed by atoms with Gasteiger partial charge in [-0.3, -0.25) is 9.59 Å². The standard InChI is InChI=1S/C27H32N2O6/c1-29(16-18-8-6-7-15-34-18)26(32)24(13-14-25(30)31)28-27(33)35-17-23-21-11-4-2-9-19(21)20-10-3-5-12-22(20)23/h2-5,9-12,18,23-24H,6-8,13-17H2,1H3,(H,28,33)(H,30,31). The van der Waals surface area contributed by atoms with Gasteiger partial charge >= 0.3 is 12.1 Å². The molecular weight excluding hydrogens is 448 g/mol. The zero-order chi connectivity index (χ0) is 24.8. The number of alkyl carbamates (subject to hydrolysis) is 1. The second-order valence-electron chi connectivity index (χ2n) is 9.16. The molecule has 1 aliphatic heterocycles. The molecule has 8 nitrogen and oxygen atoms in total. The maximum atomic E-state index is 13.1. The highest BCUT2D eigenvalue weighted by Gasteiger charge is 2.31. The number of nitrogens with one attached hydrogen (secondary N) is 1. The Balaban J connectivity index is 1.39. The van der Waals surface area contributed by atoms with Crippen LogP contribution >= 0.6 is 0 Å². The summed E-state index contributed by atoms with van der Waals surface area (Å²) in [6.45, 7) is 1.19. The Morgan fingerprint density at radius 1 is 1.09 bits per heavy atom. The molecule has 0 aromatic heterocycles. The second-order valence-corrected chi connectivity index (χ2v) is 9.16. The summed E-state index contributed by atoms with van der Waals surface area (Å²) in [5, 5.41) is 11.7. The molecule has 2 aromatic rings. The van der Waals surface area contributed by atoms with Crippen LogP contribution in [-0.2, 0) is 19.1 Å². The number of likely N-dealkylation sites (N-methyl/N-ethyl adjacent to an activating group) is 1. The lowest BCUT2D eigenvalue weighted by Gasteiger charge is -2.30. The number of nitrogens with zero attached hydrogens (tertiary/aromatic N) is 1. The molecule has 0 radical (unpaired) electrons. The van der Waals surface area contributed by atoms with E-state index in [-0.39, 0.29) is 37.4 Å². The molecule has 0 saturated carbocycles. The zero-order valence-corrected chi connectivity index (χ0v) is 19.9. The number of fused-ring (bicyclic) bond motifs is 3. The Labute approximate surface area is 205 Å². The third-order valence-electron chi connectivity index (χ3n) is 6.71. The van der Waals surface area contributed by atoms with Crippen molar-refractivity contribution >= 4 is 18.0 Å². The van der Waals surface area contributed by atoms with Gasteiger partial charge in [0.25, 0.3) is 0 Å². The summed E-state index contributed by atoms with van der Waals surface area (Å²) in [5.74, 6) is -1.49. The largest absolute Gasteiger partial charge is 0.481 e. The SMILES string of the molecule is CN(CC1CCCCO1)C(=O)C(CCC(=O)O)NC(=O)OCC1c2ccccc2-c2ccccc21. The zero-order valence-electron chi connectivity index (χ0n) is 19.9. The van der Waals surface area contributed by atoms with E-state index in [0.29, 0.717) is 13.2 Å². The molecule has 2 unspecified atom stereocenters. The third kappa shape index (κ3) is 6.00. The average Bonchev–Trinajstić information content (AvgIpc) is 3.19. The van der Waals surface area contributed by atoms with E-state index in [1.165, 1.54) is 4.90 Å².